The van der Waals surface area contributed by atoms with Gasteiger partial charge in [-0.2, -0.15) is 9.97 Å². The van der Waals surface area contributed by atoms with Gasteiger partial charge in [-0.1, -0.05) is 146 Å². The van der Waals surface area contributed by atoms with Crippen LogP contribution in [0.2, 0.25) is 0 Å². The molecule has 0 fully saturated rings. The Balaban J connectivity index is 1.32. The summed E-state index contributed by atoms with van der Waals surface area (Å²) in [7, 11) is 0. The zero-order valence-electron chi connectivity index (χ0n) is 27.0. The van der Waals surface area contributed by atoms with Crippen LogP contribution < -0.4 is 0 Å². The summed E-state index contributed by atoms with van der Waals surface area (Å²) in [6.07, 6.45) is 0. The Morgan fingerprint density at radius 3 is 1.52 bits per heavy atom. The molecule has 0 spiro atoms. The zero-order valence-corrected chi connectivity index (χ0v) is 27.0. The molecule has 10 rings (SSSR count). The summed E-state index contributed by atoms with van der Waals surface area (Å²) in [5, 5.41) is 4.71. The van der Waals surface area contributed by atoms with Gasteiger partial charge in [-0.25, -0.2) is 4.98 Å². The third-order valence-corrected chi connectivity index (χ3v) is 9.58. The second-order valence-corrected chi connectivity index (χ2v) is 12.5. The summed E-state index contributed by atoms with van der Waals surface area (Å²) in [5.74, 6) is 1.84. The maximum absolute atomic E-state index is 5.20. The molecule has 0 radical (unpaired) electrons. The molecule has 0 aliphatic rings. The molecule has 0 aliphatic carbocycles. The fourth-order valence-corrected chi connectivity index (χ4v) is 7.44. The van der Waals surface area contributed by atoms with Gasteiger partial charge >= 0.3 is 0 Å². The highest BCUT2D eigenvalue weighted by Crippen LogP contribution is 2.43. The average molecular weight is 640 g/mol. The van der Waals surface area contributed by atoms with Crippen molar-refractivity contribution >= 4 is 43.6 Å². The molecule has 3 aromatic heterocycles. The standard InChI is InChI=1S/C45H29N5/c1-4-16-30(17-5-1)43-46-44(31-18-6-2-7-19-31)48-45(47-43)50-38-27-12-10-22-33(38)35-25-14-26-36(42(35)50)34-24-15-29-40-41(34)37-23-11-13-28-39(37)49(40)32-20-8-3-9-21-32/h1-29H. The van der Waals surface area contributed by atoms with E-state index in [2.05, 4.69) is 124 Å². The summed E-state index contributed by atoms with van der Waals surface area (Å²) in [6.45, 7) is 0. The van der Waals surface area contributed by atoms with E-state index in [-0.39, 0.29) is 0 Å². The molecule has 0 aliphatic heterocycles. The first kappa shape index (κ1) is 28.2. The minimum atomic E-state index is 0.579. The molecule has 0 saturated heterocycles. The van der Waals surface area contributed by atoms with Crippen molar-refractivity contribution in [2.24, 2.45) is 0 Å². The number of aromatic nitrogens is 5. The van der Waals surface area contributed by atoms with Crippen LogP contribution in [-0.4, -0.2) is 24.1 Å². The molecular formula is C45H29N5. The first-order valence-electron chi connectivity index (χ1n) is 16.8. The van der Waals surface area contributed by atoms with Crippen LogP contribution in [0.4, 0.5) is 0 Å². The number of hydrogen-bond donors (Lipinski definition) is 0. The smallest absolute Gasteiger partial charge is 0.238 e. The largest absolute Gasteiger partial charge is 0.309 e. The second kappa shape index (κ2) is 11.4. The lowest BCUT2D eigenvalue weighted by atomic mass is 9.97. The van der Waals surface area contributed by atoms with Gasteiger partial charge in [0.15, 0.2) is 11.6 Å². The molecule has 0 amide bonds. The predicted molar refractivity (Wildman–Crippen MR) is 205 cm³/mol. The molecule has 0 saturated carbocycles. The van der Waals surface area contributed by atoms with Crippen LogP contribution in [0.15, 0.2) is 176 Å². The summed E-state index contributed by atoms with van der Waals surface area (Å²) in [6, 6.07) is 61.4. The highest BCUT2D eigenvalue weighted by atomic mass is 15.2. The number of rotatable bonds is 5. The summed E-state index contributed by atoms with van der Waals surface area (Å²) < 4.78 is 4.60. The van der Waals surface area contributed by atoms with Gasteiger partial charge in [0.25, 0.3) is 0 Å². The summed E-state index contributed by atoms with van der Waals surface area (Å²) in [5.41, 5.74) is 9.71. The van der Waals surface area contributed by atoms with Crippen molar-refractivity contribution in [1.29, 1.82) is 0 Å². The van der Waals surface area contributed by atoms with Gasteiger partial charge in [0.05, 0.1) is 22.1 Å². The van der Waals surface area contributed by atoms with Gasteiger partial charge in [0.2, 0.25) is 5.95 Å². The van der Waals surface area contributed by atoms with Crippen LogP contribution in [-0.2, 0) is 0 Å². The van der Waals surface area contributed by atoms with E-state index in [1.165, 1.54) is 16.3 Å². The lowest BCUT2D eigenvalue weighted by Crippen LogP contribution is -2.07. The van der Waals surface area contributed by atoms with Gasteiger partial charge < -0.3 is 4.57 Å². The van der Waals surface area contributed by atoms with Crippen molar-refractivity contribution < 1.29 is 0 Å². The van der Waals surface area contributed by atoms with Crippen molar-refractivity contribution in [3.05, 3.63) is 176 Å². The van der Waals surface area contributed by atoms with Crippen molar-refractivity contribution in [3.63, 3.8) is 0 Å². The van der Waals surface area contributed by atoms with E-state index in [0.717, 1.165) is 55.3 Å². The van der Waals surface area contributed by atoms with Gasteiger partial charge in [-0.05, 0) is 35.9 Å². The molecule has 5 nitrogen and oxygen atoms in total. The maximum atomic E-state index is 5.20. The minimum absolute atomic E-state index is 0.579. The van der Waals surface area contributed by atoms with E-state index >= 15 is 0 Å². The summed E-state index contributed by atoms with van der Waals surface area (Å²) in [4.78, 5) is 15.4. The fraction of sp³-hybridized carbons (Fsp3) is 0. The Morgan fingerprint density at radius 1 is 0.340 bits per heavy atom. The molecule has 0 N–H and O–H groups in total. The number of para-hydroxylation sites is 4. The molecule has 50 heavy (non-hydrogen) atoms. The van der Waals surface area contributed by atoms with Crippen LogP contribution >= 0.6 is 0 Å². The molecular weight excluding hydrogens is 611 g/mol. The third-order valence-electron chi connectivity index (χ3n) is 9.58. The van der Waals surface area contributed by atoms with Gasteiger partial charge in [-0.3, -0.25) is 4.57 Å². The normalized spacial score (nSPS) is 11.6. The topological polar surface area (TPSA) is 48.5 Å². The SMILES string of the molecule is c1ccc(-c2nc(-c3ccccc3)nc(-n3c4ccccc4c4cccc(-c5cccc6c5c5ccccc5n6-c5ccccc5)c43)n2)cc1. The molecule has 3 heterocycles. The Kier molecular flexibility index (Phi) is 6.42. The van der Waals surface area contributed by atoms with Crippen LogP contribution in [0.3, 0.4) is 0 Å². The van der Waals surface area contributed by atoms with Crippen LogP contribution in [0.25, 0.3) is 89.2 Å². The first-order valence-corrected chi connectivity index (χ1v) is 16.8. The Labute approximate surface area is 288 Å². The Bertz CT molecular complexity index is 2800. The van der Waals surface area contributed by atoms with Crippen LogP contribution in [0, 0.1) is 0 Å². The van der Waals surface area contributed by atoms with E-state index in [0.29, 0.717) is 17.6 Å². The van der Waals surface area contributed by atoms with E-state index in [4.69, 9.17) is 15.0 Å². The molecule has 5 heteroatoms. The third kappa shape index (κ3) is 4.37. The van der Waals surface area contributed by atoms with Crippen molar-refractivity contribution in [1.82, 2.24) is 24.1 Å². The molecule has 7 aromatic carbocycles. The van der Waals surface area contributed by atoms with Crippen molar-refractivity contribution in [2.75, 3.05) is 0 Å². The highest BCUT2D eigenvalue weighted by molar-refractivity contribution is 6.20. The van der Waals surface area contributed by atoms with Crippen molar-refractivity contribution in [2.45, 2.75) is 0 Å². The quantitative estimate of drug-likeness (QED) is 0.188. The lowest BCUT2D eigenvalue weighted by Gasteiger charge is -2.14. The number of nitrogens with zero attached hydrogens (tertiary/aromatic N) is 5. The molecule has 0 atom stereocenters. The molecule has 0 bridgehead atoms. The summed E-state index contributed by atoms with van der Waals surface area (Å²) >= 11 is 0. The zero-order chi connectivity index (χ0) is 33.0. The predicted octanol–water partition coefficient (Wildman–Crippen LogP) is 11.1. The highest BCUT2D eigenvalue weighted by Gasteiger charge is 2.22. The van der Waals surface area contributed by atoms with Crippen LogP contribution in [0.1, 0.15) is 0 Å². The Morgan fingerprint density at radius 2 is 0.840 bits per heavy atom. The molecule has 0 unspecified atom stereocenters. The lowest BCUT2D eigenvalue weighted by molar-refractivity contribution is 0.954. The Hall–Kier alpha value is -6.85. The van der Waals surface area contributed by atoms with E-state index < -0.39 is 0 Å². The second-order valence-electron chi connectivity index (χ2n) is 12.5. The number of hydrogen-bond acceptors (Lipinski definition) is 3. The maximum Gasteiger partial charge on any atom is 0.238 e. The molecule has 234 valence electrons. The number of benzene rings is 7. The van der Waals surface area contributed by atoms with E-state index in [9.17, 15) is 0 Å². The van der Waals surface area contributed by atoms with E-state index in [1.807, 2.05) is 60.7 Å². The van der Waals surface area contributed by atoms with Gasteiger partial charge in [0, 0.05) is 43.9 Å². The van der Waals surface area contributed by atoms with Crippen LogP contribution in [0.5, 0.6) is 0 Å². The monoisotopic (exact) mass is 639 g/mol. The van der Waals surface area contributed by atoms with E-state index in [1.54, 1.807) is 0 Å². The fourth-order valence-electron chi connectivity index (χ4n) is 7.44. The van der Waals surface area contributed by atoms with Gasteiger partial charge in [-0.15, -0.1) is 0 Å². The minimum Gasteiger partial charge on any atom is -0.309 e. The average Bonchev–Trinajstić information content (AvgIpc) is 3.72. The first-order chi connectivity index (χ1) is 24.8. The van der Waals surface area contributed by atoms with Gasteiger partial charge in [0.1, 0.15) is 0 Å². The van der Waals surface area contributed by atoms with Crippen molar-refractivity contribution in [3.8, 4) is 45.5 Å². The number of fused-ring (bicyclic) bond motifs is 6. The molecule has 10 aromatic rings.